The number of nitriles is 1. The molecule has 38 nitrogen and oxygen atoms in total. The Morgan fingerprint density at radius 2 is 0.991 bits per heavy atom. The van der Waals surface area contributed by atoms with E-state index in [4.69, 9.17) is 57.8 Å². The summed E-state index contributed by atoms with van der Waals surface area (Å²) in [5.74, 6) is 3.16. The third kappa shape index (κ3) is 21.5. The van der Waals surface area contributed by atoms with Crippen LogP contribution in [0, 0.1) is 23.2 Å². The van der Waals surface area contributed by atoms with Crippen LogP contribution in [0.1, 0.15) is 89.4 Å². The third-order valence-corrected chi connectivity index (χ3v) is 27.1. The molecule has 107 heavy (non-hydrogen) atoms. The Morgan fingerprint density at radius 1 is 0.617 bits per heavy atom. The van der Waals surface area contributed by atoms with Crippen LogP contribution in [-0.2, 0) is 78.8 Å². The number of nitrogens with one attached hydrogen (secondary N) is 4. The second-order valence-electron chi connectivity index (χ2n) is 27.2. The molecule has 8 fully saturated rings. The monoisotopic (exact) mass is 1620 g/mol. The van der Waals surface area contributed by atoms with Crippen LogP contribution in [0.3, 0.4) is 0 Å². The van der Waals surface area contributed by atoms with Crippen LogP contribution < -0.4 is 45.0 Å². The number of rotatable bonds is 21. The van der Waals surface area contributed by atoms with Crippen LogP contribution in [0.4, 0.5) is 0 Å². The molecule has 0 aliphatic carbocycles. The van der Waals surface area contributed by atoms with Crippen LogP contribution in [0.15, 0.2) is 111 Å². The lowest BCUT2D eigenvalue weighted by atomic mass is 9.91. The molecule has 12 rings (SSSR count). The third-order valence-electron chi connectivity index (χ3n) is 17.9. The zero-order valence-electron chi connectivity index (χ0n) is 66.3. The minimum Gasteiger partial charge on any atom is -0.400 e. The number of aliphatic hydroxyl groups is 3. The molecule has 8 saturated heterocycles. The van der Waals surface area contributed by atoms with E-state index in [0.29, 0.717) is 13.2 Å². The van der Waals surface area contributed by atoms with Crippen LogP contribution in [0.25, 0.3) is 0 Å². The Balaban J connectivity index is 0.000000221. The fraction of sp³-hybridized carbons (Fsp3) is 0.672. The number of fused-ring (bicyclic) bond motifs is 8. The van der Waals surface area contributed by atoms with Crippen molar-refractivity contribution in [3.05, 3.63) is 156 Å². The van der Waals surface area contributed by atoms with Crippen LogP contribution >= 0.6 is 37.8 Å². The molecule has 12 heterocycles. The van der Waals surface area contributed by atoms with Gasteiger partial charge in [-0.25, -0.2) is 23.8 Å². The number of H-pyrrole nitrogens is 4. The van der Waals surface area contributed by atoms with Gasteiger partial charge in [-0.1, -0.05) is 13.8 Å². The maximum atomic E-state index is 12.5. The van der Waals surface area contributed by atoms with E-state index in [0.717, 1.165) is 4.57 Å². The Bertz CT molecular complexity index is 4480. The minimum absolute atomic E-state index is 0.0131. The highest BCUT2D eigenvalue weighted by Gasteiger charge is 2.64. The van der Waals surface area contributed by atoms with Crippen LogP contribution in [-0.4, -0.2) is 240 Å². The lowest BCUT2D eigenvalue weighted by Gasteiger charge is -2.38. The first-order chi connectivity index (χ1) is 52.0. The van der Waals surface area contributed by atoms with Crippen molar-refractivity contribution < 1.29 is 96.8 Å². The van der Waals surface area contributed by atoms with E-state index in [-0.39, 0.29) is 82.1 Å². The van der Waals surface area contributed by atoms with Gasteiger partial charge in [0.1, 0.15) is 73.6 Å². The van der Waals surface area contributed by atoms with E-state index in [2.05, 4.69) is 54.5 Å². The molecular formula is C64H101N10O28P5. The Hall–Kier alpha value is -5.64. The molecule has 0 radical (unpaired) electrons. The number of hydrogen-bond acceptors (Lipinski definition) is 30. The standard InChI is InChI=1S/C22H34N4O7P2.C14H19N2O5P.C11H14N2O4.C10H12N2O5.C5H14O5P2.2CH4O/c1-15(2)26(16(3)4)34(31-12-7-10-23)33-19-18-20(25-11-8-17(27)24-21(25)28)32-22(19,14-30-18)9-13-35(5,6)29;1-9-11-12(16-6-4-10(17)15-13(16)18)21-14(9,8-20-11)5-7-22(2,3)19;1-6-8-9(17-11(6,2)5-16-8)13-4-3-7(14)12-10(13)15;1-10-4-16-6(7(10)14)8(17-10)12-3-2-5(13)11-9(12)15;1-8-11(4,6)5-12(7,9-2)10-3;2*1-2/h8-9,11,13,15-16,18-20H,7,12,14H2,1-6H3,(H,24,27,28);4-7,9,11-12H,8H2,1-3H3,(H,15,17,18);3-4,6,8-9H,5H2,1-2H3,(H,12,14,15);2-3,6-8,14H,4H2,1H3,(H,11,13,15);5H2,1-4H3;2*2H,1H3/b13-9+;7-5+;;;;;/t18-,19+,20-,22+,34?;9-,11+,12+,14-;6-,8+,9+,11-;6-,7+,8-,10+;;;/m1001.../s1/i;;2D;1D;;2*2T. The van der Waals surface area contributed by atoms with Crippen molar-refractivity contribution in [1.29, 1.82) is 8.12 Å². The summed E-state index contributed by atoms with van der Waals surface area (Å²) in [6.45, 7) is 21.3. The molecule has 0 aromatic carbocycles. The van der Waals surface area contributed by atoms with Gasteiger partial charge in [-0.05, 0) is 91.9 Å². The maximum Gasteiger partial charge on any atom is 0.339 e. The number of aromatic nitrogens is 8. The van der Waals surface area contributed by atoms with Gasteiger partial charge >= 0.3 is 30.4 Å². The molecule has 4 aromatic heterocycles. The van der Waals surface area contributed by atoms with Crippen molar-refractivity contribution in [2.45, 2.75) is 158 Å². The summed E-state index contributed by atoms with van der Waals surface area (Å²) in [5, 5.41) is 26.0. The molecule has 0 spiro atoms. The molecule has 8 aliphatic rings. The number of ether oxygens (including phenoxy) is 8. The fourth-order valence-corrected chi connectivity index (χ4v) is 19.4. The molecule has 4 aromatic rings. The fourth-order valence-electron chi connectivity index (χ4n) is 12.3. The Kier molecular flexibility index (Phi) is 29.1. The number of nitrogens with zero attached hydrogens (tertiary/aromatic N) is 6. The molecule has 8 aliphatic heterocycles. The van der Waals surface area contributed by atoms with E-state index in [1.54, 1.807) is 50.4 Å². The highest BCUT2D eigenvalue weighted by molar-refractivity contribution is 7.73. The predicted molar refractivity (Wildman–Crippen MR) is 392 cm³/mol. The molecule has 43 heteroatoms. The van der Waals surface area contributed by atoms with Crippen molar-refractivity contribution in [2.75, 3.05) is 108 Å². The van der Waals surface area contributed by atoms with Crippen molar-refractivity contribution in [1.82, 2.24) is 42.9 Å². The number of aliphatic hydroxyl groups excluding tert-OH is 3. The lowest BCUT2D eigenvalue weighted by molar-refractivity contribution is -0.167. The lowest BCUT2D eigenvalue weighted by Crippen LogP contribution is -2.42. The summed E-state index contributed by atoms with van der Waals surface area (Å²) in [5.41, 5.74) is -7.75. The minimum atomic E-state index is -3.21. The van der Waals surface area contributed by atoms with Gasteiger partial charge in [0.25, 0.3) is 30.8 Å². The van der Waals surface area contributed by atoms with Crippen molar-refractivity contribution in [3.8, 4) is 6.07 Å². The van der Waals surface area contributed by atoms with Crippen molar-refractivity contribution >= 4 is 37.8 Å². The summed E-state index contributed by atoms with van der Waals surface area (Å²) in [4.78, 5) is 101. The number of hydrogen-bond donors (Lipinski definition) is 7. The second kappa shape index (κ2) is 37.1. The van der Waals surface area contributed by atoms with Gasteiger partial charge in [0.2, 0.25) is 10.2 Å². The average molecular weight is 1620 g/mol. The van der Waals surface area contributed by atoms with Crippen LogP contribution in [0.5, 0.6) is 0 Å². The first kappa shape index (κ1) is 83.8. The summed E-state index contributed by atoms with van der Waals surface area (Å²) in [6, 6.07) is 7.22. The highest BCUT2D eigenvalue weighted by atomic mass is 31.2. The van der Waals surface area contributed by atoms with Crippen molar-refractivity contribution in [3.63, 3.8) is 0 Å². The summed E-state index contributed by atoms with van der Waals surface area (Å²) >= 11 is 0. The summed E-state index contributed by atoms with van der Waals surface area (Å²) < 4.78 is 154. The van der Waals surface area contributed by atoms with Crippen LogP contribution in [0.2, 0.25) is 0 Å². The van der Waals surface area contributed by atoms with Gasteiger partial charge in [0.15, 0.2) is 24.9 Å². The van der Waals surface area contributed by atoms with Gasteiger partial charge in [-0.3, -0.25) is 66.5 Å². The Labute approximate surface area is 623 Å². The van der Waals surface area contributed by atoms with Gasteiger partial charge < -0.3 is 85.0 Å². The van der Waals surface area contributed by atoms with Gasteiger partial charge in [-0.2, -0.15) is 5.26 Å². The topological polar surface area (TPSA) is 495 Å². The SMILES string of the molecule is CC(C)N(C(C)C)P(OCCC#N)O[C@H]1[C@H]2OC[C@]1(/C=C/P(C)(C)=O)O[C@H]2n1ccc(=O)[nH]c1=O.COP(C)(=O)CP(=O)(OC)OC.C[C@H]1[C@H]2OC[C@]1(/C=C/P(C)(C)=O)O[C@H]2n1ccc(=O)[nH]c1=O.[2H]C[C@@]12CO[C@@H]([C@H](n3ccc(=O)[nH]c3=O)O1)[C@@H]2C.[2H]C[C@@]12CO[C@@H]([C@H](n3ccc(=O)[nH]c3=O)O1)[C@@H]2O.[3H]OC.[3H]OC. The molecule has 8 bridgehead atoms. The summed E-state index contributed by atoms with van der Waals surface area (Å²) in [6.07, 6.45) is 2.74. The van der Waals surface area contributed by atoms with Crippen molar-refractivity contribution in [2.24, 2.45) is 11.8 Å². The number of aromatic amines is 4. The predicted octanol–water partition coefficient (Wildman–Crippen LogP) is 3.62. The van der Waals surface area contributed by atoms with E-state index in [1.807, 2.05) is 41.5 Å². The smallest absolute Gasteiger partial charge is 0.339 e. The molecule has 7 N–H and O–H groups in total. The zero-order chi connectivity index (χ0) is 83.2. The molecule has 600 valence electrons. The molecular weight excluding hydrogens is 1510 g/mol. The quantitative estimate of drug-likeness (QED) is 0.0462. The molecule has 2 unspecified atom stereocenters. The Morgan fingerprint density at radius 3 is 1.39 bits per heavy atom. The van der Waals surface area contributed by atoms with E-state index < -0.39 is 155 Å². The average Bonchev–Trinajstić information content (AvgIpc) is 1.59. The van der Waals surface area contributed by atoms with Gasteiger partial charge in [0.05, 0.1) is 51.1 Å². The first-order valence-electron chi connectivity index (χ1n) is 35.5. The normalized spacial score (nSPS) is 31.2. The van der Waals surface area contributed by atoms with Gasteiger partial charge in [0, 0.05) is 118 Å². The highest BCUT2D eigenvalue weighted by Crippen LogP contribution is 2.61. The maximum absolute atomic E-state index is 12.5. The largest absolute Gasteiger partial charge is 0.400 e. The van der Waals surface area contributed by atoms with E-state index >= 15 is 0 Å². The zero-order valence-corrected chi connectivity index (χ0v) is 66.7. The molecule has 0 amide bonds. The first-order valence-corrected chi connectivity index (χ1v) is 43.7. The summed E-state index contributed by atoms with van der Waals surface area (Å²) in [7, 11) is -6.18. The van der Waals surface area contributed by atoms with E-state index in [9.17, 15) is 61.7 Å². The second-order valence-corrected chi connectivity index (χ2v) is 40.4. The molecule has 18 atom stereocenters. The molecule has 0 saturated carbocycles. The van der Waals surface area contributed by atoms with E-state index in [1.165, 1.54) is 105 Å². The van der Waals surface area contributed by atoms with Gasteiger partial charge in [-0.15, -0.1) is 0 Å².